The summed E-state index contributed by atoms with van der Waals surface area (Å²) in [5.74, 6) is 0.378. The van der Waals surface area contributed by atoms with Gasteiger partial charge in [-0.3, -0.25) is 0 Å². The number of halogens is 1. The number of carbonyl (C=O) groups is 1. The fourth-order valence-corrected chi connectivity index (χ4v) is 2.37. The van der Waals surface area contributed by atoms with Gasteiger partial charge in [-0.15, -0.1) is 11.6 Å². The molecule has 0 saturated heterocycles. The molecule has 4 heteroatoms. The van der Waals surface area contributed by atoms with Crippen LogP contribution in [0.2, 0.25) is 0 Å². The highest BCUT2D eigenvalue weighted by Crippen LogP contribution is 2.36. The number of oxime groups is 1. The maximum atomic E-state index is 10.3. The van der Waals surface area contributed by atoms with E-state index in [2.05, 4.69) is 11.2 Å². The van der Waals surface area contributed by atoms with Crippen molar-refractivity contribution in [2.24, 2.45) is 11.1 Å². The number of nitrogens with zero attached hydrogens (tertiary/aromatic N) is 1. The van der Waals surface area contributed by atoms with Crippen molar-refractivity contribution >= 4 is 23.6 Å². The lowest BCUT2D eigenvalue weighted by Crippen LogP contribution is -2.30. The standard InChI is InChI=1S/C14H22ClNO2/c1-14(2,15)12-8-7-11(6-4-5-9-17)13(10-12)16-18-3/h7,9,12H,4-6,8,10H2,1-3H3/b16-13+. The number of rotatable bonds is 6. The Labute approximate surface area is 114 Å². The van der Waals surface area contributed by atoms with Gasteiger partial charge in [0, 0.05) is 11.3 Å². The number of alkyl halides is 1. The molecule has 0 N–H and O–H groups in total. The summed E-state index contributed by atoms with van der Waals surface area (Å²) >= 11 is 6.38. The Hall–Kier alpha value is -0.830. The summed E-state index contributed by atoms with van der Waals surface area (Å²) in [4.78, 5) is 15.0. The van der Waals surface area contributed by atoms with E-state index in [1.165, 1.54) is 5.57 Å². The minimum Gasteiger partial charge on any atom is -0.399 e. The molecular formula is C14H22ClNO2. The van der Waals surface area contributed by atoms with E-state index >= 15 is 0 Å². The highest BCUT2D eigenvalue weighted by atomic mass is 35.5. The van der Waals surface area contributed by atoms with Gasteiger partial charge in [0.25, 0.3) is 0 Å². The molecule has 1 aliphatic rings. The Bertz CT molecular complexity index is 342. The topological polar surface area (TPSA) is 38.7 Å². The monoisotopic (exact) mass is 271 g/mol. The van der Waals surface area contributed by atoms with Crippen LogP contribution in [0.1, 0.15) is 46.0 Å². The molecule has 0 saturated carbocycles. The van der Waals surface area contributed by atoms with E-state index in [-0.39, 0.29) is 4.87 Å². The second kappa shape index (κ2) is 6.93. The zero-order valence-corrected chi connectivity index (χ0v) is 12.2. The zero-order chi connectivity index (χ0) is 13.6. The van der Waals surface area contributed by atoms with Crippen LogP contribution in [0.5, 0.6) is 0 Å². The lowest BCUT2D eigenvalue weighted by molar-refractivity contribution is -0.107. The summed E-state index contributed by atoms with van der Waals surface area (Å²) in [6.07, 6.45) is 7.32. The lowest BCUT2D eigenvalue weighted by atomic mass is 9.79. The normalized spacial score (nSPS) is 22.8. The largest absolute Gasteiger partial charge is 0.399 e. The number of carbonyl (C=O) groups excluding carboxylic acids is 1. The molecule has 0 aromatic rings. The third-order valence-electron chi connectivity index (χ3n) is 3.40. The maximum absolute atomic E-state index is 10.3. The van der Waals surface area contributed by atoms with Crippen molar-refractivity contribution in [3.63, 3.8) is 0 Å². The number of aldehydes is 1. The summed E-state index contributed by atoms with van der Waals surface area (Å²) in [5.41, 5.74) is 2.18. The molecule has 0 aromatic carbocycles. The third-order valence-corrected chi connectivity index (χ3v) is 3.71. The van der Waals surface area contributed by atoms with Crippen LogP contribution in [-0.4, -0.2) is 24.0 Å². The summed E-state index contributed by atoms with van der Waals surface area (Å²) < 4.78 is 0. The van der Waals surface area contributed by atoms with Crippen molar-refractivity contribution in [1.29, 1.82) is 0 Å². The van der Waals surface area contributed by atoms with Crippen molar-refractivity contribution in [3.8, 4) is 0 Å². The maximum Gasteiger partial charge on any atom is 0.120 e. The van der Waals surface area contributed by atoms with Gasteiger partial charge < -0.3 is 9.63 Å². The van der Waals surface area contributed by atoms with Crippen LogP contribution in [0.25, 0.3) is 0 Å². The predicted molar refractivity (Wildman–Crippen MR) is 75.1 cm³/mol. The Kier molecular flexibility index (Phi) is 5.86. The molecule has 0 aliphatic heterocycles. The molecule has 102 valence electrons. The fraction of sp³-hybridized carbons (Fsp3) is 0.714. The molecule has 1 aliphatic carbocycles. The van der Waals surface area contributed by atoms with E-state index in [1.807, 2.05) is 13.8 Å². The van der Waals surface area contributed by atoms with Crippen molar-refractivity contribution in [2.45, 2.75) is 50.8 Å². The van der Waals surface area contributed by atoms with Gasteiger partial charge in [0.05, 0.1) is 5.71 Å². The number of unbranched alkanes of at least 4 members (excludes halogenated alkanes) is 1. The molecule has 0 radical (unpaired) electrons. The van der Waals surface area contributed by atoms with Crippen molar-refractivity contribution in [3.05, 3.63) is 11.6 Å². The Morgan fingerprint density at radius 2 is 2.33 bits per heavy atom. The van der Waals surface area contributed by atoms with Gasteiger partial charge in [0.2, 0.25) is 0 Å². The highest BCUT2D eigenvalue weighted by molar-refractivity contribution is 6.23. The zero-order valence-electron chi connectivity index (χ0n) is 11.4. The first kappa shape index (κ1) is 15.2. The Balaban J connectivity index is 2.74. The van der Waals surface area contributed by atoms with E-state index in [0.717, 1.165) is 37.7 Å². The van der Waals surface area contributed by atoms with E-state index in [4.69, 9.17) is 16.4 Å². The second-order valence-electron chi connectivity index (χ2n) is 5.21. The molecule has 0 bridgehead atoms. The van der Waals surface area contributed by atoms with Crippen LogP contribution >= 0.6 is 11.6 Å². The molecule has 0 heterocycles. The molecule has 3 nitrogen and oxygen atoms in total. The molecule has 1 unspecified atom stereocenters. The summed E-state index contributed by atoms with van der Waals surface area (Å²) in [6, 6.07) is 0. The van der Waals surface area contributed by atoms with Crippen molar-refractivity contribution in [1.82, 2.24) is 0 Å². The molecule has 0 aromatic heterocycles. The average Bonchev–Trinajstić information content (AvgIpc) is 2.30. The Morgan fingerprint density at radius 3 is 2.89 bits per heavy atom. The Morgan fingerprint density at radius 1 is 1.61 bits per heavy atom. The van der Waals surface area contributed by atoms with Gasteiger partial charge >= 0.3 is 0 Å². The van der Waals surface area contributed by atoms with Gasteiger partial charge in [-0.05, 0) is 51.0 Å². The molecule has 0 spiro atoms. The van der Waals surface area contributed by atoms with Crippen LogP contribution in [0.15, 0.2) is 16.8 Å². The highest BCUT2D eigenvalue weighted by Gasteiger charge is 2.31. The van der Waals surface area contributed by atoms with Crippen LogP contribution in [-0.2, 0) is 9.63 Å². The summed E-state index contributed by atoms with van der Waals surface area (Å²) in [6.45, 7) is 4.07. The molecule has 0 fully saturated rings. The first-order valence-corrected chi connectivity index (χ1v) is 6.78. The second-order valence-corrected chi connectivity index (χ2v) is 6.18. The van der Waals surface area contributed by atoms with Crippen molar-refractivity contribution < 1.29 is 9.63 Å². The quantitative estimate of drug-likeness (QED) is 0.320. The van der Waals surface area contributed by atoms with Gasteiger partial charge in [-0.2, -0.15) is 0 Å². The SMILES string of the molecule is CO/N=C1\CC(C(C)(C)Cl)CC=C1CCCC=O. The van der Waals surface area contributed by atoms with Gasteiger partial charge in [-0.1, -0.05) is 11.2 Å². The van der Waals surface area contributed by atoms with E-state index in [1.54, 1.807) is 7.11 Å². The van der Waals surface area contributed by atoms with Crippen LogP contribution < -0.4 is 0 Å². The molecular weight excluding hydrogens is 250 g/mol. The first-order valence-electron chi connectivity index (χ1n) is 6.41. The smallest absolute Gasteiger partial charge is 0.120 e. The summed E-state index contributed by atoms with van der Waals surface area (Å²) in [5, 5.41) is 4.11. The van der Waals surface area contributed by atoms with Gasteiger partial charge in [0.15, 0.2) is 0 Å². The minimum atomic E-state index is -0.237. The molecule has 18 heavy (non-hydrogen) atoms. The third kappa shape index (κ3) is 4.45. The summed E-state index contributed by atoms with van der Waals surface area (Å²) in [7, 11) is 1.56. The number of allylic oxidation sites excluding steroid dienone is 2. The van der Waals surface area contributed by atoms with Crippen LogP contribution in [0, 0.1) is 5.92 Å². The fourth-order valence-electron chi connectivity index (χ4n) is 2.20. The molecule has 1 atom stereocenters. The van der Waals surface area contributed by atoms with E-state index in [9.17, 15) is 4.79 Å². The molecule has 0 amide bonds. The van der Waals surface area contributed by atoms with Crippen LogP contribution in [0.3, 0.4) is 0 Å². The van der Waals surface area contributed by atoms with Crippen molar-refractivity contribution in [2.75, 3.05) is 7.11 Å². The molecule has 1 rings (SSSR count). The van der Waals surface area contributed by atoms with E-state index < -0.39 is 0 Å². The van der Waals surface area contributed by atoms with Crippen LogP contribution in [0.4, 0.5) is 0 Å². The number of hydrogen-bond donors (Lipinski definition) is 0. The minimum absolute atomic E-state index is 0.237. The van der Waals surface area contributed by atoms with Gasteiger partial charge in [-0.25, -0.2) is 0 Å². The average molecular weight is 272 g/mol. The predicted octanol–water partition coefficient (Wildman–Crippen LogP) is 3.71. The number of hydrogen-bond acceptors (Lipinski definition) is 3. The lowest BCUT2D eigenvalue weighted by Gasteiger charge is -2.31. The van der Waals surface area contributed by atoms with Gasteiger partial charge in [0.1, 0.15) is 13.4 Å². The van der Waals surface area contributed by atoms with E-state index in [0.29, 0.717) is 12.3 Å². The first-order chi connectivity index (χ1) is 8.49.